The predicted octanol–water partition coefficient (Wildman–Crippen LogP) is 4.91. The molecule has 1 unspecified atom stereocenters. The molecule has 0 fully saturated rings. The molecule has 3 heterocycles. The summed E-state index contributed by atoms with van der Waals surface area (Å²) >= 11 is 12.2. The number of amides is 2. The molecule has 1 atom stereocenters. The standard InChI is InChI=1S/C24H23Cl2N7O3/c1-11(2)33-22(27)20(23(28)34)21(31-33)13-4-7-17(29-10-13)12(3)24(35)30-19-9-18(32-36-19)15-6-5-14(25)8-16(15)26/h4-12H,27H2,1-3H3,(H2,28,34)(H,30,35). The van der Waals surface area contributed by atoms with Crippen molar-refractivity contribution in [2.75, 3.05) is 11.1 Å². The highest BCUT2D eigenvalue weighted by Gasteiger charge is 2.24. The summed E-state index contributed by atoms with van der Waals surface area (Å²) in [6.45, 7) is 5.48. The van der Waals surface area contributed by atoms with Crippen molar-refractivity contribution >= 4 is 46.7 Å². The maximum atomic E-state index is 12.8. The molecular formula is C24H23Cl2N7O3. The summed E-state index contributed by atoms with van der Waals surface area (Å²) < 4.78 is 6.78. The fraction of sp³-hybridized carbons (Fsp3) is 0.208. The number of hydrogen-bond donors (Lipinski definition) is 3. The van der Waals surface area contributed by atoms with Crippen LogP contribution < -0.4 is 16.8 Å². The molecule has 3 aromatic heterocycles. The normalized spacial score (nSPS) is 12.1. The molecular weight excluding hydrogens is 505 g/mol. The number of nitrogens with zero attached hydrogens (tertiary/aromatic N) is 4. The van der Waals surface area contributed by atoms with Gasteiger partial charge in [0.1, 0.15) is 22.8 Å². The lowest BCUT2D eigenvalue weighted by atomic mass is 10.0. The maximum absolute atomic E-state index is 12.8. The molecule has 0 saturated heterocycles. The second-order valence-electron chi connectivity index (χ2n) is 8.39. The zero-order chi connectivity index (χ0) is 26.1. The number of aromatic nitrogens is 4. The summed E-state index contributed by atoms with van der Waals surface area (Å²) in [5.41, 5.74) is 14.2. The van der Waals surface area contributed by atoms with Gasteiger partial charge in [-0.3, -0.25) is 19.9 Å². The van der Waals surface area contributed by atoms with Crippen LogP contribution in [0.4, 0.5) is 11.7 Å². The summed E-state index contributed by atoms with van der Waals surface area (Å²) in [6.07, 6.45) is 1.52. The molecule has 0 aliphatic carbocycles. The van der Waals surface area contributed by atoms with Crippen molar-refractivity contribution in [2.24, 2.45) is 5.73 Å². The van der Waals surface area contributed by atoms with E-state index in [2.05, 4.69) is 20.6 Å². The van der Waals surface area contributed by atoms with Gasteiger partial charge in [0.05, 0.1) is 16.6 Å². The molecule has 2 amide bonds. The smallest absolute Gasteiger partial charge is 0.254 e. The number of benzene rings is 1. The highest BCUT2D eigenvalue weighted by molar-refractivity contribution is 6.36. The molecule has 12 heteroatoms. The van der Waals surface area contributed by atoms with Gasteiger partial charge in [0.25, 0.3) is 5.91 Å². The van der Waals surface area contributed by atoms with Crippen LogP contribution >= 0.6 is 23.2 Å². The lowest BCUT2D eigenvalue weighted by Crippen LogP contribution is -2.19. The highest BCUT2D eigenvalue weighted by atomic mass is 35.5. The van der Waals surface area contributed by atoms with E-state index in [1.807, 2.05) is 13.8 Å². The Bertz CT molecular complexity index is 1440. The van der Waals surface area contributed by atoms with Crippen molar-refractivity contribution in [1.82, 2.24) is 19.9 Å². The fourth-order valence-electron chi connectivity index (χ4n) is 3.61. The van der Waals surface area contributed by atoms with Crippen LogP contribution in [0.2, 0.25) is 10.0 Å². The van der Waals surface area contributed by atoms with Crippen LogP contribution in [0.25, 0.3) is 22.5 Å². The monoisotopic (exact) mass is 527 g/mol. The lowest BCUT2D eigenvalue weighted by molar-refractivity contribution is -0.117. The Balaban J connectivity index is 1.51. The Morgan fingerprint density at radius 2 is 1.86 bits per heavy atom. The van der Waals surface area contributed by atoms with Gasteiger partial charge in [-0.2, -0.15) is 5.10 Å². The first-order valence-electron chi connectivity index (χ1n) is 10.9. The number of nitrogen functional groups attached to an aromatic ring is 1. The summed E-state index contributed by atoms with van der Waals surface area (Å²) in [4.78, 5) is 29.2. The molecule has 4 aromatic rings. The van der Waals surface area contributed by atoms with E-state index in [1.54, 1.807) is 43.3 Å². The number of halogens is 2. The molecule has 0 radical (unpaired) electrons. The molecule has 5 N–H and O–H groups in total. The Kier molecular flexibility index (Phi) is 7.00. The van der Waals surface area contributed by atoms with Gasteiger partial charge in [0.15, 0.2) is 0 Å². The summed E-state index contributed by atoms with van der Waals surface area (Å²) in [5.74, 6) is -1.31. The van der Waals surface area contributed by atoms with E-state index in [9.17, 15) is 9.59 Å². The average molecular weight is 528 g/mol. The van der Waals surface area contributed by atoms with Crippen LogP contribution in [-0.4, -0.2) is 31.7 Å². The number of nitrogens with two attached hydrogens (primary N) is 2. The SMILES string of the molecule is CC(C(=O)Nc1cc(-c2ccc(Cl)cc2Cl)no1)c1ccc(-c2nn(C(C)C)c(N)c2C(N)=O)cn1. The number of hydrogen-bond acceptors (Lipinski definition) is 7. The van der Waals surface area contributed by atoms with Crippen LogP contribution in [0.5, 0.6) is 0 Å². The van der Waals surface area contributed by atoms with Crippen molar-refractivity contribution in [3.8, 4) is 22.5 Å². The van der Waals surface area contributed by atoms with E-state index in [1.165, 1.54) is 10.9 Å². The number of anilines is 2. The maximum Gasteiger partial charge on any atom is 0.254 e. The number of rotatable bonds is 7. The molecule has 0 aliphatic rings. The minimum Gasteiger partial charge on any atom is -0.383 e. The fourth-order valence-corrected chi connectivity index (χ4v) is 4.12. The van der Waals surface area contributed by atoms with Crippen LogP contribution in [0.3, 0.4) is 0 Å². The average Bonchev–Trinajstić information content (AvgIpc) is 3.43. The van der Waals surface area contributed by atoms with E-state index in [-0.39, 0.29) is 29.2 Å². The van der Waals surface area contributed by atoms with E-state index in [0.29, 0.717) is 38.3 Å². The second kappa shape index (κ2) is 10.00. The molecule has 10 nitrogen and oxygen atoms in total. The van der Waals surface area contributed by atoms with E-state index < -0.39 is 11.8 Å². The van der Waals surface area contributed by atoms with Crippen molar-refractivity contribution in [3.05, 3.63) is 63.9 Å². The van der Waals surface area contributed by atoms with E-state index >= 15 is 0 Å². The van der Waals surface area contributed by atoms with Gasteiger partial charge in [-0.05, 0) is 51.1 Å². The topological polar surface area (TPSA) is 155 Å². The third-order valence-electron chi connectivity index (χ3n) is 5.54. The quantitative estimate of drug-likeness (QED) is 0.308. The van der Waals surface area contributed by atoms with Gasteiger partial charge in [0, 0.05) is 34.5 Å². The Morgan fingerprint density at radius 1 is 1.11 bits per heavy atom. The first-order valence-corrected chi connectivity index (χ1v) is 11.7. The Morgan fingerprint density at radius 3 is 2.47 bits per heavy atom. The van der Waals surface area contributed by atoms with Crippen molar-refractivity contribution in [3.63, 3.8) is 0 Å². The Labute approximate surface area is 216 Å². The van der Waals surface area contributed by atoms with E-state index in [4.69, 9.17) is 39.2 Å². The molecule has 36 heavy (non-hydrogen) atoms. The van der Waals surface area contributed by atoms with Crippen LogP contribution in [-0.2, 0) is 4.79 Å². The van der Waals surface area contributed by atoms with Crippen LogP contribution in [0, 0.1) is 0 Å². The minimum absolute atomic E-state index is 0.0693. The largest absolute Gasteiger partial charge is 0.383 e. The zero-order valence-electron chi connectivity index (χ0n) is 19.6. The van der Waals surface area contributed by atoms with Crippen molar-refractivity contribution in [1.29, 1.82) is 0 Å². The molecule has 186 valence electrons. The number of pyridine rings is 1. The van der Waals surface area contributed by atoms with Gasteiger partial charge < -0.3 is 16.0 Å². The summed E-state index contributed by atoms with van der Waals surface area (Å²) in [5, 5.41) is 12.0. The molecule has 0 bridgehead atoms. The van der Waals surface area contributed by atoms with E-state index in [0.717, 1.165) is 0 Å². The zero-order valence-corrected chi connectivity index (χ0v) is 21.1. The third kappa shape index (κ3) is 4.91. The second-order valence-corrected chi connectivity index (χ2v) is 9.24. The number of primary amides is 1. The van der Waals surface area contributed by atoms with Crippen molar-refractivity contribution in [2.45, 2.75) is 32.7 Å². The first kappa shape index (κ1) is 25.2. The van der Waals surface area contributed by atoms with Crippen LogP contribution in [0.1, 0.15) is 48.8 Å². The van der Waals surface area contributed by atoms with Gasteiger partial charge >= 0.3 is 0 Å². The molecule has 4 rings (SSSR count). The summed E-state index contributed by atoms with van der Waals surface area (Å²) in [7, 11) is 0. The molecule has 0 aliphatic heterocycles. The Hall–Kier alpha value is -3.89. The van der Waals surface area contributed by atoms with Gasteiger partial charge in [-0.1, -0.05) is 28.4 Å². The predicted molar refractivity (Wildman–Crippen MR) is 138 cm³/mol. The highest BCUT2D eigenvalue weighted by Crippen LogP contribution is 2.32. The number of carbonyl (C=O) groups is 2. The van der Waals surface area contributed by atoms with Gasteiger partial charge in [-0.25, -0.2) is 4.68 Å². The number of carbonyl (C=O) groups excluding carboxylic acids is 2. The minimum atomic E-state index is -0.683. The third-order valence-corrected chi connectivity index (χ3v) is 6.09. The first-order chi connectivity index (χ1) is 17.1. The lowest BCUT2D eigenvalue weighted by Gasteiger charge is -2.10. The van der Waals surface area contributed by atoms with Crippen LogP contribution in [0.15, 0.2) is 47.1 Å². The van der Waals surface area contributed by atoms with Gasteiger partial charge in [0.2, 0.25) is 11.8 Å². The van der Waals surface area contributed by atoms with Crippen molar-refractivity contribution < 1.29 is 14.1 Å². The number of nitrogens with one attached hydrogen (secondary N) is 1. The summed E-state index contributed by atoms with van der Waals surface area (Å²) in [6, 6.07) is 9.87. The molecule has 0 saturated carbocycles. The molecule has 1 aromatic carbocycles. The molecule has 0 spiro atoms. The van der Waals surface area contributed by atoms with Gasteiger partial charge in [-0.15, -0.1) is 0 Å².